The first-order valence-electron chi connectivity index (χ1n) is 10.3. The van der Waals surface area contributed by atoms with E-state index in [1.807, 2.05) is 0 Å². The van der Waals surface area contributed by atoms with Gasteiger partial charge in [-0.1, -0.05) is 12.1 Å². The van der Waals surface area contributed by atoms with E-state index in [-0.39, 0.29) is 12.1 Å². The van der Waals surface area contributed by atoms with Crippen molar-refractivity contribution in [3.8, 4) is 0 Å². The summed E-state index contributed by atoms with van der Waals surface area (Å²) in [6, 6.07) is 7.05. The smallest absolute Gasteiger partial charge is 0.309 e. The number of nitrogens with zero attached hydrogens (tertiary/aromatic N) is 2. The largest absolute Gasteiger partial charge is 0.374 e. The summed E-state index contributed by atoms with van der Waals surface area (Å²) >= 11 is 0. The fourth-order valence-electron chi connectivity index (χ4n) is 4.27. The van der Waals surface area contributed by atoms with Gasteiger partial charge in [-0.15, -0.1) is 0 Å². The number of benzene rings is 1. The van der Waals surface area contributed by atoms with Crippen molar-refractivity contribution in [3.05, 3.63) is 29.3 Å². The van der Waals surface area contributed by atoms with Gasteiger partial charge in [0.1, 0.15) is 0 Å². The van der Waals surface area contributed by atoms with Gasteiger partial charge in [0.25, 0.3) is 0 Å². The lowest BCUT2D eigenvalue weighted by Gasteiger charge is -2.31. The molecule has 0 radical (unpaired) electrons. The first-order valence-corrected chi connectivity index (χ1v) is 10.3. The number of anilines is 1. The van der Waals surface area contributed by atoms with E-state index in [1.54, 1.807) is 0 Å². The van der Waals surface area contributed by atoms with Crippen LogP contribution in [0.4, 0.5) is 5.69 Å². The summed E-state index contributed by atoms with van der Waals surface area (Å²) in [6.07, 6.45) is 6.65. The first-order chi connectivity index (χ1) is 13.1. The molecule has 0 aromatic heterocycles. The van der Waals surface area contributed by atoms with Gasteiger partial charge in [0.2, 0.25) is 0 Å². The summed E-state index contributed by atoms with van der Waals surface area (Å²) < 4.78 is 0. The monoisotopic (exact) mass is 370 g/mol. The van der Waals surface area contributed by atoms with Crippen molar-refractivity contribution in [2.45, 2.75) is 50.6 Å². The normalized spacial score (nSPS) is 20.9. The topological polar surface area (TPSA) is 64.7 Å². The van der Waals surface area contributed by atoms with E-state index in [9.17, 15) is 9.59 Å². The Balaban J connectivity index is 1.47. The number of hydrogen-bond donors (Lipinski definition) is 2. The maximum Gasteiger partial charge on any atom is 0.309 e. The van der Waals surface area contributed by atoms with Crippen LogP contribution < -0.4 is 15.5 Å². The number of hydrogen-bond acceptors (Lipinski definition) is 4. The second-order valence-electron chi connectivity index (χ2n) is 8.13. The maximum atomic E-state index is 12.2. The number of amides is 2. The van der Waals surface area contributed by atoms with Crippen molar-refractivity contribution in [3.63, 3.8) is 0 Å². The molecule has 2 fully saturated rings. The fraction of sp³-hybridized carbons (Fsp3) is 0.619. The molecule has 2 amide bonds. The zero-order valence-corrected chi connectivity index (χ0v) is 16.2. The van der Waals surface area contributed by atoms with Crippen LogP contribution in [0.15, 0.2) is 18.2 Å². The highest BCUT2D eigenvalue weighted by Gasteiger charge is 2.29. The third kappa shape index (κ3) is 4.26. The van der Waals surface area contributed by atoms with Gasteiger partial charge in [-0.3, -0.25) is 14.5 Å². The van der Waals surface area contributed by atoms with Gasteiger partial charge in [0, 0.05) is 31.9 Å². The molecular weight excluding hydrogens is 340 g/mol. The molecule has 6 nitrogen and oxygen atoms in total. The molecule has 4 rings (SSSR count). The number of likely N-dealkylation sites (tertiary alicyclic amines) is 1. The molecule has 0 unspecified atom stereocenters. The Morgan fingerprint density at radius 2 is 1.89 bits per heavy atom. The van der Waals surface area contributed by atoms with Crippen molar-refractivity contribution in [1.82, 2.24) is 15.5 Å². The molecule has 0 bridgehead atoms. The predicted octanol–water partition coefficient (Wildman–Crippen LogP) is 1.60. The van der Waals surface area contributed by atoms with Gasteiger partial charge in [-0.2, -0.15) is 0 Å². The van der Waals surface area contributed by atoms with E-state index >= 15 is 0 Å². The van der Waals surface area contributed by atoms with Gasteiger partial charge in [0.15, 0.2) is 0 Å². The molecule has 1 saturated heterocycles. The van der Waals surface area contributed by atoms with Crippen molar-refractivity contribution >= 4 is 17.5 Å². The third-order valence-corrected chi connectivity index (χ3v) is 6.00. The van der Waals surface area contributed by atoms with E-state index in [4.69, 9.17) is 0 Å². The highest BCUT2D eigenvalue weighted by Crippen LogP contribution is 2.31. The molecule has 6 heteroatoms. The SMILES string of the molecule is CN1CCCc2cc([C@H](CNC(=O)C(=O)NC3CC3)N3CCCC3)ccc21. The van der Waals surface area contributed by atoms with Crippen LogP contribution in [0.3, 0.4) is 0 Å². The number of aryl methyl sites for hydroxylation is 1. The number of nitrogens with one attached hydrogen (secondary N) is 2. The molecule has 1 atom stereocenters. The van der Waals surface area contributed by atoms with Crippen molar-refractivity contribution in [2.24, 2.45) is 0 Å². The summed E-state index contributed by atoms with van der Waals surface area (Å²) in [7, 11) is 2.15. The van der Waals surface area contributed by atoms with Gasteiger partial charge < -0.3 is 15.5 Å². The van der Waals surface area contributed by atoms with Crippen LogP contribution >= 0.6 is 0 Å². The van der Waals surface area contributed by atoms with Crippen LogP contribution in [0.1, 0.15) is 49.3 Å². The quantitative estimate of drug-likeness (QED) is 0.773. The molecule has 2 aliphatic heterocycles. The van der Waals surface area contributed by atoms with E-state index in [1.165, 1.54) is 36.1 Å². The lowest BCUT2D eigenvalue weighted by molar-refractivity contribution is -0.139. The van der Waals surface area contributed by atoms with E-state index < -0.39 is 11.8 Å². The van der Waals surface area contributed by atoms with Gasteiger partial charge in [0.05, 0.1) is 6.04 Å². The Labute approximate surface area is 161 Å². The Hall–Kier alpha value is -2.08. The fourth-order valence-corrected chi connectivity index (χ4v) is 4.27. The van der Waals surface area contributed by atoms with Gasteiger partial charge in [-0.05, 0) is 68.8 Å². The molecule has 0 spiro atoms. The zero-order chi connectivity index (χ0) is 18.8. The Morgan fingerprint density at radius 3 is 2.63 bits per heavy atom. The minimum atomic E-state index is -0.510. The highest BCUT2D eigenvalue weighted by atomic mass is 16.2. The highest BCUT2D eigenvalue weighted by molar-refractivity contribution is 6.35. The van der Waals surface area contributed by atoms with Crippen LogP contribution in [0.5, 0.6) is 0 Å². The number of fused-ring (bicyclic) bond motifs is 1. The van der Waals surface area contributed by atoms with Gasteiger partial charge in [-0.25, -0.2) is 0 Å². The van der Waals surface area contributed by atoms with Crippen LogP contribution in [-0.4, -0.2) is 56.0 Å². The van der Waals surface area contributed by atoms with Crippen LogP contribution in [0, 0.1) is 0 Å². The van der Waals surface area contributed by atoms with Crippen LogP contribution in [-0.2, 0) is 16.0 Å². The predicted molar refractivity (Wildman–Crippen MR) is 106 cm³/mol. The second kappa shape index (κ2) is 7.89. The molecule has 1 saturated carbocycles. The molecule has 3 aliphatic rings. The average Bonchev–Trinajstić information content (AvgIpc) is 3.32. The van der Waals surface area contributed by atoms with E-state index in [2.05, 4.69) is 45.7 Å². The molecule has 146 valence electrons. The summed E-state index contributed by atoms with van der Waals surface area (Å²) in [5.41, 5.74) is 3.95. The van der Waals surface area contributed by atoms with Crippen molar-refractivity contribution < 1.29 is 9.59 Å². The van der Waals surface area contributed by atoms with Gasteiger partial charge >= 0.3 is 11.8 Å². The van der Waals surface area contributed by atoms with Crippen molar-refractivity contribution in [1.29, 1.82) is 0 Å². The number of rotatable bonds is 5. The van der Waals surface area contributed by atoms with E-state index in [0.717, 1.165) is 38.9 Å². The zero-order valence-electron chi connectivity index (χ0n) is 16.2. The lowest BCUT2D eigenvalue weighted by Crippen LogP contribution is -2.44. The standard InChI is InChI=1S/C21H30N4O2/c1-24-10-4-5-15-13-16(6-9-18(15)24)19(25-11-2-3-12-25)14-22-20(26)21(27)23-17-7-8-17/h6,9,13,17,19H,2-5,7-8,10-12,14H2,1H3,(H,22,26)(H,23,27)/t19-/m0/s1. The summed E-state index contributed by atoms with van der Waals surface area (Å²) in [6.45, 7) is 3.68. The maximum absolute atomic E-state index is 12.2. The molecule has 1 aromatic carbocycles. The molecule has 1 aliphatic carbocycles. The third-order valence-electron chi connectivity index (χ3n) is 6.00. The second-order valence-corrected chi connectivity index (χ2v) is 8.13. The number of carbonyl (C=O) groups is 2. The van der Waals surface area contributed by atoms with Crippen LogP contribution in [0.2, 0.25) is 0 Å². The molecule has 2 heterocycles. The minimum absolute atomic E-state index is 0.128. The first kappa shape index (κ1) is 18.3. The van der Waals surface area contributed by atoms with E-state index in [0.29, 0.717) is 6.54 Å². The lowest BCUT2D eigenvalue weighted by atomic mass is 9.96. The molecule has 1 aromatic rings. The molecule has 2 N–H and O–H groups in total. The Kier molecular flexibility index (Phi) is 5.34. The summed E-state index contributed by atoms with van der Waals surface area (Å²) in [5.74, 6) is -1.01. The average molecular weight is 370 g/mol. The summed E-state index contributed by atoms with van der Waals surface area (Å²) in [5, 5.41) is 5.64. The molecular formula is C21H30N4O2. The summed E-state index contributed by atoms with van der Waals surface area (Å²) in [4.78, 5) is 28.9. The molecule has 27 heavy (non-hydrogen) atoms. The minimum Gasteiger partial charge on any atom is -0.374 e. The Morgan fingerprint density at radius 1 is 1.11 bits per heavy atom. The number of carbonyl (C=O) groups excluding carboxylic acids is 2. The Bertz CT molecular complexity index is 710. The van der Waals surface area contributed by atoms with Crippen LogP contribution in [0.25, 0.3) is 0 Å². The van der Waals surface area contributed by atoms with Crippen molar-refractivity contribution in [2.75, 3.05) is 38.1 Å².